The van der Waals surface area contributed by atoms with Crippen molar-refractivity contribution in [3.63, 3.8) is 0 Å². The highest BCUT2D eigenvalue weighted by Crippen LogP contribution is 2.08. The minimum absolute atomic E-state index is 0.145. The molecule has 0 aliphatic carbocycles. The summed E-state index contributed by atoms with van der Waals surface area (Å²) in [6, 6.07) is 0.306. The smallest absolute Gasteiger partial charge is 0.236 e. The molecule has 1 aliphatic rings. The van der Waals surface area contributed by atoms with Gasteiger partial charge in [-0.1, -0.05) is 0 Å². The predicted molar refractivity (Wildman–Crippen MR) is 68.7 cm³/mol. The van der Waals surface area contributed by atoms with Gasteiger partial charge >= 0.3 is 0 Å². The molecular formula is C12H21N5O. The topological polar surface area (TPSA) is 78.2 Å². The standard InChI is InChI=1S/C12H21N5O/c1-16(8-10-6-14-15-7-10)12(18)9-17-4-2-11(13)3-5-17/h6-7,11H,2-5,8-9,13H2,1H3,(H,14,15). The largest absolute Gasteiger partial charge is 0.340 e. The summed E-state index contributed by atoms with van der Waals surface area (Å²) in [6.45, 7) is 2.93. The zero-order valence-electron chi connectivity index (χ0n) is 10.8. The molecule has 1 aromatic rings. The van der Waals surface area contributed by atoms with E-state index in [-0.39, 0.29) is 5.91 Å². The molecule has 1 fully saturated rings. The molecule has 0 aromatic carbocycles. The first kappa shape index (κ1) is 13.0. The maximum Gasteiger partial charge on any atom is 0.236 e. The number of likely N-dealkylation sites (tertiary alicyclic amines) is 1. The lowest BCUT2D eigenvalue weighted by Gasteiger charge is -2.30. The Morgan fingerprint density at radius 3 is 2.94 bits per heavy atom. The summed E-state index contributed by atoms with van der Waals surface area (Å²) >= 11 is 0. The molecule has 2 rings (SSSR count). The third-order valence-corrected chi connectivity index (χ3v) is 3.39. The van der Waals surface area contributed by atoms with E-state index >= 15 is 0 Å². The fourth-order valence-corrected chi connectivity index (χ4v) is 2.15. The molecule has 0 atom stereocenters. The minimum atomic E-state index is 0.145. The summed E-state index contributed by atoms with van der Waals surface area (Å²) in [5.74, 6) is 0.145. The number of carbonyl (C=O) groups is 1. The highest BCUT2D eigenvalue weighted by molar-refractivity contribution is 5.78. The molecule has 0 saturated carbocycles. The molecule has 0 unspecified atom stereocenters. The van der Waals surface area contributed by atoms with Gasteiger partial charge in [0.15, 0.2) is 0 Å². The molecule has 3 N–H and O–H groups in total. The van der Waals surface area contributed by atoms with Crippen molar-refractivity contribution in [3.8, 4) is 0 Å². The van der Waals surface area contributed by atoms with E-state index < -0.39 is 0 Å². The molecule has 0 bridgehead atoms. The van der Waals surface area contributed by atoms with E-state index in [0.29, 0.717) is 19.1 Å². The van der Waals surface area contributed by atoms with Gasteiger partial charge in [-0.15, -0.1) is 0 Å². The van der Waals surface area contributed by atoms with Gasteiger partial charge in [-0.3, -0.25) is 14.8 Å². The van der Waals surface area contributed by atoms with Crippen LogP contribution in [0.3, 0.4) is 0 Å². The Bertz CT molecular complexity index is 370. The Labute approximate surface area is 107 Å². The first-order chi connectivity index (χ1) is 8.65. The fourth-order valence-electron chi connectivity index (χ4n) is 2.15. The SMILES string of the molecule is CN(Cc1cn[nH]c1)C(=O)CN1CCC(N)CC1. The third kappa shape index (κ3) is 3.54. The molecule has 0 radical (unpaired) electrons. The lowest BCUT2D eigenvalue weighted by molar-refractivity contribution is -0.131. The number of piperidine rings is 1. The van der Waals surface area contributed by atoms with Crippen LogP contribution in [0.15, 0.2) is 12.4 Å². The van der Waals surface area contributed by atoms with Crippen LogP contribution in [0.1, 0.15) is 18.4 Å². The minimum Gasteiger partial charge on any atom is -0.340 e. The molecule has 6 nitrogen and oxygen atoms in total. The number of hydrogen-bond acceptors (Lipinski definition) is 4. The number of likely N-dealkylation sites (N-methyl/N-ethyl adjacent to an activating group) is 1. The maximum absolute atomic E-state index is 12.0. The van der Waals surface area contributed by atoms with Crippen molar-refractivity contribution in [1.82, 2.24) is 20.0 Å². The van der Waals surface area contributed by atoms with Gasteiger partial charge < -0.3 is 10.6 Å². The van der Waals surface area contributed by atoms with Crippen LogP contribution < -0.4 is 5.73 Å². The number of aromatic amines is 1. The number of nitrogens with one attached hydrogen (secondary N) is 1. The zero-order valence-corrected chi connectivity index (χ0v) is 10.8. The number of amides is 1. The number of hydrogen-bond donors (Lipinski definition) is 2. The van der Waals surface area contributed by atoms with Gasteiger partial charge in [0.25, 0.3) is 0 Å². The van der Waals surface area contributed by atoms with Gasteiger partial charge in [0.2, 0.25) is 5.91 Å². The van der Waals surface area contributed by atoms with Gasteiger partial charge in [-0.05, 0) is 12.8 Å². The number of carbonyl (C=O) groups excluding carboxylic acids is 1. The highest BCUT2D eigenvalue weighted by atomic mass is 16.2. The summed E-state index contributed by atoms with van der Waals surface area (Å²) in [5, 5.41) is 6.62. The monoisotopic (exact) mass is 251 g/mol. The van der Waals surface area contributed by atoms with Crippen molar-refractivity contribution in [2.45, 2.75) is 25.4 Å². The van der Waals surface area contributed by atoms with Crippen LogP contribution in [-0.4, -0.2) is 58.6 Å². The van der Waals surface area contributed by atoms with Crippen molar-refractivity contribution in [1.29, 1.82) is 0 Å². The molecule has 2 heterocycles. The van der Waals surface area contributed by atoms with Crippen LogP contribution in [0.25, 0.3) is 0 Å². The Morgan fingerprint density at radius 2 is 2.33 bits per heavy atom. The molecule has 0 spiro atoms. The average Bonchev–Trinajstić information content (AvgIpc) is 2.85. The zero-order chi connectivity index (χ0) is 13.0. The number of nitrogens with two attached hydrogens (primary N) is 1. The molecule has 1 aliphatic heterocycles. The summed E-state index contributed by atoms with van der Waals surface area (Å²) in [6.07, 6.45) is 5.52. The van der Waals surface area contributed by atoms with Gasteiger partial charge in [0.05, 0.1) is 12.7 Å². The summed E-state index contributed by atoms with van der Waals surface area (Å²) in [7, 11) is 1.82. The second-order valence-electron chi connectivity index (χ2n) is 4.97. The van der Waals surface area contributed by atoms with Crippen molar-refractivity contribution in [3.05, 3.63) is 18.0 Å². The fraction of sp³-hybridized carbons (Fsp3) is 0.667. The Hall–Kier alpha value is -1.40. The highest BCUT2D eigenvalue weighted by Gasteiger charge is 2.19. The molecule has 6 heteroatoms. The first-order valence-corrected chi connectivity index (χ1v) is 6.34. The van der Waals surface area contributed by atoms with Gasteiger partial charge in [-0.25, -0.2) is 0 Å². The lowest BCUT2D eigenvalue weighted by atomic mass is 10.1. The van der Waals surface area contributed by atoms with E-state index in [4.69, 9.17) is 5.73 Å². The van der Waals surface area contributed by atoms with Crippen LogP contribution in [0.5, 0.6) is 0 Å². The quantitative estimate of drug-likeness (QED) is 0.776. The molecule has 1 amide bonds. The Morgan fingerprint density at radius 1 is 1.61 bits per heavy atom. The second-order valence-corrected chi connectivity index (χ2v) is 4.97. The predicted octanol–water partition coefficient (Wildman–Crippen LogP) is -0.209. The summed E-state index contributed by atoms with van der Waals surface area (Å²) in [5.41, 5.74) is 6.87. The van der Waals surface area contributed by atoms with Crippen molar-refractivity contribution < 1.29 is 4.79 Å². The number of rotatable bonds is 4. The molecule has 1 aromatic heterocycles. The average molecular weight is 251 g/mol. The third-order valence-electron chi connectivity index (χ3n) is 3.39. The molecule has 100 valence electrons. The second kappa shape index (κ2) is 5.97. The van der Waals surface area contributed by atoms with Crippen molar-refractivity contribution >= 4 is 5.91 Å². The van der Waals surface area contributed by atoms with Crippen LogP contribution in [0.2, 0.25) is 0 Å². The van der Waals surface area contributed by atoms with E-state index in [1.807, 2.05) is 13.2 Å². The molecule has 1 saturated heterocycles. The van der Waals surface area contributed by atoms with Crippen molar-refractivity contribution in [2.24, 2.45) is 5.73 Å². The van der Waals surface area contributed by atoms with E-state index in [1.165, 1.54) is 0 Å². The van der Waals surface area contributed by atoms with E-state index in [9.17, 15) is 4.79 Å². The molecule has 18 heavy (non-hydrogen) atoms. The van der Waals surface area contributed by atoms with E-state index in [2.05, 4.69) is 15.1 Å². The number of nitrogens with zero attached hydrogens (tertiary/aromatic N) is 3. The van der Waals surface area contributed by atoms with Crippen LogP contribution in [0, 0.1) is 0 Å². The van der Waals surface area contributed by atoms with Crippen LogP contribution in [0.4, 0.5) is 0 Å². The number of aromatic nitrogens is 2. The van der Waals surface area contributed by atoms with Crippen LogP contribution in [-0.2, 0) is 11.3 Å². The summed E-state index contributed by atoms with van der Waals surface area (Å²) in [4.78, 5) is 16.0. The number of H-pyrrole nitrogens is 1. The van der Waals surface area contributed by atoms with Crippen LogP contribution >= 0.6 is 0 Å². The summed E-state index contributed by atoms with van der Waals surface area (Å²) < 4.78 is 0. The van der Waals surface area contributed by atoms with Gasteiger partial charge in [-0.2, -0.15) is 5.10 Å². The Balaban J connectivity index is 1.77. The lowest BCUT2D eigenvalue weighted by Crippen LogP contribution is -2.44. The van der Waals surface area contributed by atoms with Gasteiger partial charge in [0.1, 0.15) is 0 Å². The maximum atomic E-state index is 12.0. The van der Waals surface area contributed by atoms with E-state index in [1.54, 1.807) is 11.1 Å². The van der Waals surface area contributed by atoms with Gasteiger partial charge in [0, 0.05) is 44.5 Å². The van der Waals surface area contributed by atoms with E-state index in [0.717, 1.165) is 31.5 Å². The van der Waals surface area contributed by atoms with Crippen molar-refractivity contribution in [2.75, 3.05) is 26.7 Å². The first-order valence-electron chi connectivity index (χ1n) is 6.34. The Kier molecular flexibility index (Phi) is 4.33. The molecular weight excluding hydrogens is 230 g/mol. The normalized spacial score (nSPS) is 17.9.